The summed E-state index contributed by atoms with van der Waals surface area (Å²) in [5, 5.41) is 5.04. The van der Waals surface area contributed by atoms with Crippen molar-refractivity contribution in [1.82, 2.24) is 10.2 Å². The summed E-state index contributed by atoms with van der Waals surface area (Å²) in [7, 11) is 0. The number of carbonyl (C=O) groups is 2. The zero-order chi connectivity index (χ0) is 17.8. The number of carbonyl (C=O) groups excluding carboxylic acids is 2. The first-order chi connectivity index (χ1) is 12.0. The van der Waals surface area contributed by atoms with E-state index in [1.807, 2.05) is 49.1 Å². The van der Waals surface area contributed by atoms with Gasteiger partial charge in [-0.2, -0.15) is 0 Å². The molecule has 3 rings (SSSR count). The molecule has 132 valence electrons. The van der Waals surface area contributed by atoms with Crippen LogP contribution in [0.15, 0.2) is 41.8 Å². The Morgan fingerprint density at radius 2 is 1.96 bits per heavy atom. The van der Waals surface area contributed by atoms with E-state index in [1.165, 1.54) is 10.4 Å². The van der Waals surface area contributed by atoms with Gasteiger partial charge >= 0.3 is 0 Å². The summed E-state index contributed by atoms with van der Waals surface area (Å²) in [4.78, 5) is 28.6. The van der Waals surface area contributed by atoms with Gasteiger partial charge in [0.25, 0.3) is 0 Å². The Labute approximate surface area is 152 Å². The van der Waals surface area contributed by atoms with E-state index in [0.29, 0.717) is 13.0 Å². The molecule has 2 aromatic rings. The zero-order valence-corrected chi connectivity index (χ0v) is 15.5. The minimum atomic E-state index is -0.476. The van der Waals surface area contributed by atoms with Crippen molar-refractivity contribution in [3.8, 4) is 0 Å². The van der Waals surface area contributed by atoms with E-state index in [-0.39, 0.29) is 17.7 Å². The second-order valence-electron chi connectivity index (χ2n) is 6.83. The monoisotopic (exact) mass is 356 g/mol. The van der Waals surface area contributed by atoms with Gasteiger partial charge in [-0.25, -0.2) is 0 Å². The van der Waals surface area contributed by atoms with Crippen molar-refractivity contribution in [2.45, 2.75) is 39.3 Å². The summed E-state index contributed by atoms with van der Waals surface area (Å²) in [6, 6.07) is 11.2. The van der Waals surface area contributed by atoms with Crippen molar-refractivity contribution in [1.29, 1.82) is 0 Å². The SMILES string of the molecule is CC(C)C(NC(=O)Cc1ccccc1)C(=O)N1CCc2sccc2C1. The summed E-state index contributed by atoms with van der Waals surface area (Å²) in [5.74, 6) is -0.0316. The molecule has 1 N–H and O–H groups in total. The second-order valence-corrected chi connectivity index (χ2v) is 7.83. The summed E-state index contributed by atoms with van der Waals surface area (Å²) < 4.78 is 0. The van der Waals surface area contributed by atoms with Crippen molar-refractivity contribution in [2.75, 3.05) is 6.54 Å². The Morgan fingerprint density at radius 3 is 2.68 bits per heavy atom. The molecule has 5 heteroatoms. The van der Waals surface area contributed by atoms with Crippen molar-refractivity contribution in [2.24, 2.45) is 5.92 Å². The largest absolute Gasteiger partial charge is 0.344 e. The molecule has 0 bridgehead atoms. The average Bonchev–Trinajstić information content (AvgIpc) is 3.07. The van der Waals surface area contributed by atoms with Gasteiger partial charge in [-0.15, -0.1) is 11.3 Å². The predicted octanol–water partition coefficient (Wildman–Crippen LogP) is 3.02. The van der Waals surface area contributed by atoms with Gasteiger partial charge < -0.3 is 10.2 Å². The highest BCUT2D eigenvalue weighted by Crippen LogP contribution is 2.25. The van der Waals surface area contributed by atoms with Crippen molar-refractivity contribution < 1.29 is 9.59 Å². The van der Waals surface area contributed by atoms with Crippen molar-refractivity contribution in [3.63, 3.8) is 0 Å². The number of rotatable bonds is 5. The molecule has 0 spiro atoms. The van der Waals surface area contributed by atoms with Crippen LogP contribution in [-0.4, -0.2) is 29.3 Å². The fourth-order valence-corrected chi connectivity index (χ4v) is 4.04. The first-order valence-corrected chi connectivity index (χ1v) is 9.60. The molecule has 1 atom stereocenters. The first-order valence-electron chi connectivity index (χ1n) is 8.72. The molecule has 0 fully saturated rings. The maximum absolute atomic E-state index is 13.0. The predicted molar refractivity (Wildman–Crippen MR) is 100 cm³/mol. The molecule has 0 radical (unpaired) electrons. The minimum absolute atomic E-state index is 0.0215. The molecule has 2 heterocycles. The van der Waals surface area contributed by atoms with Gasteiger partial charge in [-0.1, -0.05) is 44.2 Å². The van der Waals surface area contributed by atoms with Crippen LogP contribution in [-0.2, 0) is 29.0 Å². The summed E-state index contributed by atoms with van der Waals surface area (Å²) in [5.41, 5.74) is 2.19. The number of nitrogens with one attached hydrogen (secondary N) is 1. The van der Waals surface area contributed by atoms with E-state index in [0.717, 1.165) is 18.5 Å². The molecule has 0 saturated carbocycles. The van der Waals surface area contributed by atoms with Crippen LogP contribution in [0.3, 0.4) is 0 Å². The van der Waals surface area contributed by atoms with Crippen LogP contribution in [0.1, 0.15) is 29.9 Å². The lowest BCUT2D eigenvalue weighted by Gasteiger charge is -2.32. The van der Waals surface area contributed by atoms with Gasteiger partial charge in [0, 0.05) is 18.0 Å². The maximum atomic E-state index is 13.0. The Hall–Kier alpha value is -2.14. The molecule has 2 amide bonds. The van der Waals surface area contributed by atoms with Gasteiger partial charge in [0.2, 0.25) is 11.8 Å². The van der Waals surface area contributed by atoms with Gasteiger partial charge in [0.05, 0.1) is 6.42 Å². The van der Waals surface area contributed by atoms with E-state index < -0.39 is 6.04 Å². The van der Waals surface area contributed by atoms with Crippen LogP contribution in [0.25, 0.3) is 0 Å². The van der Waals surface area contributed by atoms with Crippen LogP contribution in [0.4, 0.5) is 0 Å². The van der Waals surface area contributed by atoms with E-state index in [1.54, 1.807) is 11.3 Å². The third kappa shape index (κ3) is 4.28. The van der Waals surface area contributed by atoms with Gasteiger partial charge in [-0.05, 0) is 34.9 Å². The standard InChI is InChI=1S/C20H24N2O2S/c1-14(2)19(21-18(23)12-15-6-4-3-5-7-15)20(24)22-10-8-17-16(13-22)9-11-25-17/h3-7,9,11,14,19H,8,10,12-13H2,1-2H3,(H,21,23). The molecule has 1 unspecified atom stereocenters. The highest BCUT2D eigenvalue weighted by Gasteiger charge is 2.30. The Kier molecular flexibility index (Phi) is 5.53. The number of hydrogen-bond acceptors (Lipinski definition) is 3. The lowest BCUT2D eigenvalue weighted by atomic mass is 10.0. The van der Waals surface area contributed by atoms with Crippen molar-refractivity contribution in [3.05, 3.63) is 57.8 Å². The molecular formula is C20H24N2O2S. The molecule has 25 heavy (non-hydrogen) atoms. The number of thiophene rings is 1. The molecule has 0 aliphatic carbocycles. The molecule has 1 aromatic heterocycles. The highest BCUT2D eigenvalue weighted by atomic mass is 32.1. The van der Waals surface area contributed by atoms with Gasteiger partial charge in [0.1, 0.15) is 6.04 Å². The number of nitrogens with zero attached hydrogens (tertiary/aromatic N) is 1. The summed E-state index contributed by atoms with van der Waals surface area (Å²) in [6.45, 7) is 5.33. The summed E-state index contributed by atoms with van der Waals surface area (Å²) in [6.07, 6.45) is 1.20. The fraction of sp³-hybridized carbons (Fsp3) is 0.400. The van der Waals surface area contributed by atoms with Gasteiger partial charge in [-0.3, -0.25) is 9.59 Å². The van der Waals surface area contributed by atoms with Crippen LogP contribution < -0.4 is 5.32 Å². The smallest absolute Gasteiger partial charge is 0.245 e. The number of fused-ring (bicyclic) bond motifs is 1. The lowest BCUT2D eigenvalue weighted by Crippen LogP contribution is -2.52. The van der Waals surface area contributed by atoms with Crippen LogP contribution in [0, 0.1) is 5.92 Å². The second kappa shape index (κ2) is 7.83. The van der Waals surface area contributed by atoms with Crippen LogP contribution >= 0.6 is 11.3 Å². The molecular weight excluding hydrogens is 332 g/mol. The number of benzene rings is 1. The number of amides is 2. The topological polar surface area (TPSA) is 49.4 Å². The highest BCUT2D eigenvalue weighted by molar-refractivity contribution is 7.10. The number of hydrogen-bond donors (Lipinski definition) is 1. The third-order valence-corrected chi connectivity index (χ3v) is 5.60. The summed E-state index contributed by atoms with van der Waals surface area (Å²) >= 11 is 1.76. The maximum Gasteiger partial charge on any atom is 0.245 e. The van der Waals surface area contributed by atoms with Crippen molar-refractivity contribution >= 4 is 23.2 Å². The zero-order valence-electron chi connectivity index (χ0n) is 14.7. The molecule has 4 nitrogen and oxygen atoms in total. The third-order valence-electron chi connectivity index (χ3n) is 4.58. The molecule has 1 aliphatic heterocycles. The quantitative estimate of drug-likeness (QED) is 0.895. The minimum Gasteiger partial charge on any atom is -0.344 e. The molecule has 1 aliphatic rings. The average molecular weight is 356 g/mol. The normalized spacial score (nSPS) is 14.9. The van der Waals surface area contributed by atoms with E-state index >= 15 is 0 Å². The Bertz CT molecular complexity index is 739. The lowest BCUT2D eigenvalue weighted by molar-refractivity contribution is -0.138. The van der Waals surface area contributed by atoms with Gasteiger partial charge in [0.15, 0.2) is 0 Å². The first kappa shape index (κ1) is 17.7. The fourth-order valence-electron chi connectivity index (χ4n) is 3.15. The Morgan fingerprint density at radius 1 is 1.20 bits per heavy atom. The Balaban J connectivity index is 1.64. The van der Waals surface area contributed by atoms with Crippen LogP contribution in [0.2, 0.25) is 0 Å². The van der Waals surface area contributed by atoms with Crippen LogP contribution in [0.5, 0.6) is 0 Å². The molecule has 1 aromatic carbocycles. The van der Waals surface area contributed by atoms with E-state index in [9.17, 15) is 9.59 Å². The van der Waals surface area contributed by atoms with E-state index in [2.05, 4.69) is 16.8 Å². The molecule has 0 saturated heterocycles. The van der Waals surface area contributed by atoms with E-state index in [4.69, 9.17) is 0 Å².